The fourth-order valence-corrected chi connectivity index (χ4v) is 1.71. The first-order valence-electron chi connectivity index (χ1n) is 3.62. The Labute approximate surface area is 85.8 Å². The van der Waals surface area contributed by atoms with Gasteiger partial charge in [0, 0.05) is 0 Å². The van der Waals surface area contributed by atoms with Crippen LogP contribution < -0.4 is 2.85 Å². The van der Waals surface area contributed by atoms with Crippen LogP contribution in [0.2, 0.25) is 0 Å². The van der Waals surface area contributed by atoms with E-state index in [-0.39, 0.29) is 0 Å². The Morgan fingerprint density at radius 2 is 2.00 bits per heavy atom. The molecule has 12 heavy (non-hydrogen) atoms. The van der Waals surface area contributed by atoms with Crippen LogP contribution >= 0.6 is 0 Å². The van der Waals surface area contributed by atoms with Crippen LogP contribution in [0.15, 0.2) is 36.5 Å². The third-order valence-corrected chi connectivity index (χ3v) is 2.45. The van der Waals surface area contributed by atoms with Gasteiger partial charge in [-0.05, 0) is 0 Å². The Morgan fingerprint density at radius 1 is 1.17 bits per heavy atom. The fourth-order valence-electron chi connectivity index (χ4n) is 1.17. The van der Waals surface area contributed by atoms with Gasteiger partial charge in [-0.25, -0.2) is 0 Å². The van der Waals surface area contributed by atoms with E-state index in [1.807, 2.05) is 30.3 Å². The molecule has 0 saturated heterocycles. The van der Waals surface area contributed by atoms with Gasteiger partial charge in [0.1, 0.15) is 0 Å². The Kier molecular flexibility index (Phi) is 2.21. The van der Waals surface area contributed by atoms with E-state index in [2.05, 4.69) is 4.98 Å². The average Bonchev–Trinajstić information content (AvgIpc) is 2.17. The van der Waals surface area contributed by atoms with Gasteiger partial charge >= 0.3 is 85.8 Å². The average molecular weight is 255 g/mol. The summed E-state index contributed by atoms with van der Waals surface area (Å²) < 4.78 is 5.29. The number of fused-ring (bicyclic) bond motifs is 1. The van der Waals surface area contributed by atoms with Crippen LogP contribution in [0.4, 0.5) is 0 Å². The van der Waals surface area contributed by atoms with Gasteiger partial charge in [0.25, 0.3) is 0 Å². The van der Waals surface area contributed by atoms with Crippen molar-refractivity contribution in [2.45, 2.75) is 0 Å². The van der Waals surface area contributed by atoms with Gasteiger partial charge in [0.15, 0.2) is 0 Å². The van der Waals surface area contributed by atoms with Gasteiger partial charge in [-0.2, -0.15) is 0 Å². The van der Waals surface area contributed by atoms with E-state index in [1.54, 1.807) is 6.20 Å². The number of aromatic nitrogens is 1. The Bertz CT molecular complexity index is 397. The number of para-hydroxylation sites is 1. The molecule has 3 heteroatoms. The molecule has 0 aliphatic heterocycles. The molecular weight excluding hydrogens is 249 g/mol. The van der Waals surface area contributed by atoms with E-state index in [4.69, 9.17) is 2.85 Å². The molecule has 1 aromatic heterocycles. The molecule has 0 spiro atoms. The summed E-state index contributed by atoms with van der Waals surface area (Å²) >= 11 is 0.767. The second kappa shape index (κ2) is 3.35. The van der Waals surface area contributed by atoms with Gasteiger partial charge in [-0.15, -0.1) is 0 Å². The van der Waals surface area contributed by atoms with Crippen LogP contribution in [0, 0.1) is 0 Å². The fraction of sp³-hybridized carbons (Fsp3) is 0. The number of rotatable bonds is 1. The van der Waals surface area contributed by atoms with Crippen molar-refractivity contribution in [3.05, 3.63) is 36.5 Å². The molecule has 1 aromatic carbocycles. The summed E-state index contributed by atoms with van der Waals surface area (Å²) in [4.78, 5) is 4.25. The van der Waals surface area contributed by atoms with Gasteiger partial charge in [-0.1, -0.05) is 0 Å². The summed E-state index contributed by atoms with van der Waals surface area (Å²) in [5.41, 5.74) is 0.951. The van der Waals surface area contributed by atoms with E-state index in [1.165, 1.54) is 0 Å². The Morgan fingerprint density at radius 3 is 2.83 bits per heavy atom. The van der Waals surface area contributed by atoms with E-state index in [0.717, 1.165) is 41.5 Å². The first-order valence-corrected chi connectivity index (χ1v) is 4.97. The standard InChI is InChI=1S/C9H7NO.In/c11-8-5-1-3-7-4-2-6-10-9(7)8;/h1-6,11H;/q;+1/p-1/i;1-4. The van der Waals surface area contributed by atoms with E-state index >= 15 is 0 Å². The summed E-state index contributed by atoms with van der Waals surface area (Å²) in [6.45, 7) is 0. The van der Waals surface area contributed by atoms with Crippen molar-refractivity contribution in [2.75, 3.05) is 0 Å². The molecule has 0 aliphatic rings. The van der Waals surface area contributed by atoms with Crippen LogP contribution in [0.1, 0.15) is 0 Å². The van der Waals surface area contributed by atoms with Crippen molar-refractivity contribution in [1.82, 2.24) is 4.98 Å². The van der Waals surface area contributed by atoms with Crippen molar-refractivity contribution < 1.29 is 2.85 Å². The summed E-state index contributed by atoms with van der Waals surface area (Å²) in [7, 11) is 0. The summed E-state index contributed by atoms with van der Waals surface area (Å²) in [5, 5.41) is 1.13. The van der Waals surface area contributed by atoms with E-state index in [9.17, 15) is 0 Å². The maximum atomic E-state index is 5.29. The van der Waals surface area contributed by atoms with Gasteiger partial charge in [0.2, 0.25) is 0 Å². The molecule has 2 nitrogen and oxygen atoms in total. The first-order chi connectivity index (χ1) is 5.92. The summed E-state index contributed by atoms with van der Waals surface area (Å²) in [6.07, 6.45) is 1.78. The molecule has 0 saturated carbocycles. The zero-order valence-electron chi connectivity index (χ0n) is 6.40. The SMILES string of the molecule is [111In][O]c1cccc2cccnc12. The minimum absolute atomic E-state index is 0.767. The van der Waals surface area contributed by atoms with Gasteiger partial charge in [-0.3, -0.25) is 0 Å². The van der Waals surface area contributed by atoms with E-state index in [0.29, 0.717) is 0 Å². The van der Waals surface area contributed by atoms with Gasteiger partial charge < -0.3 is 0 Å². The molecule has 2 rings (SSSR count). The van der Waals surface area contributed by atoms with Crippen molar-refractivity contribution in [3.63, 3.8) is 0 Å². The third-order valence-electron chi connectivity index (χ3n) is 1.72. The molecule has 0 unspecified atom stereocenters. The predicted octanol–water partition coefficient (Wildman–Crippen LogP) is 1.70. The summed E-state index contributed by atoms with van der Waals surface area (Å²) in [6, 6.07) is 9.92. The van der Waals surface area contributed by atoms with Crippen LogP contribution in [-0.4, -0.2) is 29.8 Å². The molecular formula is C9H6InNO. The predicted molar refractivity (Wildman–Crippen MR) is 48.1 cm³/mol. The molecule has 2 aromatic rings. The van der Waals surface area contributed by atoms with Crippen molar-refractivity contribution in [3.8, 4) is 5.75 Å². The van der Waals surface area contributed by atoms with Crippen molar-refractivity contribution >= 4 is 35.7 Å². The molecule has 0 bridgehead atoms. The zero-order valence-corrected chi connectivity index (χ0v) is 9.69. The molecule has 0 N–H and O–H groups in total. The van der Waals surface area contributed by atoms with Crippen LogP contribution in [0.3, 0.4) is 0 Å². The molecule has 0 atom stereocenters. The van der Waals surface area contributed by atoms with Crippen LogP contribution in [-0.2, 0) is 0 Å². The van der Waals surface area contributed by atoms with Crippen molar-refractivity contribution in [1.29, 1.82) is 0 Å². The number of pyridine rings is 1. The molecule has 2 radical (unpaired) electrons. The second-order valence-corrected chi connectivity index (χ2v) is 3.12. The Hall–Kier alpha value is -0.700. The first kappa shape index (κ1) is 7.92. The number of hydrogen-bond donors (Lipinski definition) is 0. The quantitative estimate of drug-likeness (QED) is 0.773. The van der Waals surface area contributed by atoms with Crippen LogP contribution in [0.25, 0.3) is 10.9 Å². The topological polar surface area (TPSA) is 22.1 Å². The molecule has 0 amide bonds. The van der Waals surface area contributed by atoms with E-state index < -0.39 is 0 Å². The van der Waals surface area contributed by atoms with Crippen LogP contribution in [0.5, 0.6) is 5.75 Å². The van der Waals surface area contributed by atoms with Gasteiger partial charge in [0.05, 0.1) is 0 Å². The maximum absolute atomic E-state index is 5.29. The Balaban J connectivity index is 2.79. The second-order valence-electron chi connectivity index (χ2n) is 2.45. The molecule has 0 fully saturated rings. The normalized spacial score (nSPS) is 10.0. The molecule has 0 aliphatic carbocycles. The van der Waals surface area contributed by atoms with Crippen molar-refractivity contribution in [2.24, 2.45) is 0 Å². The molecule has 56 valence electrons. The minimum atomic E-state index is 0.767. The zero-order chi connectivity index (χ0) is 8.39. The summed E-state index contributed by atoms with van der Waals surface area (Å²) in [5.74, 6) is 0.885. The molecule has 1 heterocycles. The third kappa shape index (κ3) is 1.29. The number of hydrogen-bond acceptors (Lipinski definition) is 2. The monoisotopic (exact) mass is 255 g/mol. The number of benzene rings is 1. The number of nitrogens with zero attached hydrogens (tertiary/aromatic N) is 1.